The third-order valence-electron chi connectivity index (χ3n) is 7.39. The smallest absolute Gasteiger partial charge is 0.164 e. The first-order chi connectivity index (χ1) is 16.7. The van der Waals surface area contributed by atoms with Gasteiger partial charge in [-0.3, -0.25) is 0 Å². The predicted octanol–water partition coefficient (Wildman–Crippen LogP) is 6.40. The van der Waals surface area contributed by atoms with Crippen molar-refractivity contribution in [2.45, 2.75) is 70.0 Å². The molecule has 1 fully saturated rings. The molecule has 6 nitrogen and oxygen atoms in total. The average molecular weight is 509 g/mol. The van der Waals surface area contributed by atoms with E-state index in [9.17, 15) is 0 Å². The number of aliphatic imine (C=N–C) groups is 1. The van der Waals surface area contributed by atoms with Gasteiger partial charge in [0.1, 0.15) is 29.3 Å². The van der Waals surface area contributed by atoms with Gasteiger partial charge in [0.15, 0.2) is 5.79 Å². The van der Waals surface area contributed by atoms with Crippen LogP contribution in [0.4, 0.5) is 5.69 Å². The van der Waals surface area contributed by atoms with Crippen molar-refractivity contribution in [2.24, 2.45) is 4.99 Å². The SMILES string of the molecule is CSC1=Nc2cc(CCC3=C[C@@H](n4ccc5c(Cl)ncnc54)[C@@H]4OC(C)(C)O[C@H]34)ccc2C1(C)C. The number of halogens is 1. The van der Waals surface area contributed by atoms with E-state index in [1.807, 2.05) is 26.1 Å². The number of nitrogens with zero attached hydrogens (tertiary/aromatic N) is 4. The van der Waals surface area contributed by atoms with Gasteiger partial charge < -0.3 is 14.0 Å². The van der Waals surface area contributed by atoms with Crippen LogP contribution < -0.4 is 0 Å². The molecule has 8 heteroatoms. The Hall–Kier alpha value is -2.19. The van der Waals surface area contributed by atoms with Gasteiger partial charge in [-0.05, 0) is 75.6 Å². The summed E-state index contributed by atoms with van der Waals surface area (Å²) in [5, 5.41) is 2.48. The summed E-state index contributed by atoms with van der Waals surface area (Å²) in [4.78, 5) is 13.5. The molecule has 35 heavy (non-hydrogen) atoms. The Morgan fingerprint density at radius 2 is 1.91 bits per heavy atom. The maximum Gasteiger partial charge on any atom is 0.164 e. The van der Waals surface area contributed by atoms with Crippen LogP contribution in [0.25, 0.3) is 11.0 Å². The molecule has 0 bridgehead atoms. The summed E-state index contributed by atoms with van der Waals surface area (Å²) in [7, 11) is 0. The lowest BCUT2D eigenvalue weighted by atomic mass is 9.86. The quantitative estimate of drug-likeness (QED) is 0.301. The summed E-state index contributed by atoms with van der Waals surface area (Å²) >= 11 is 8.05. The van der Waals surface area contributed by atoms with Gasteiger partial charge in [0, 0.05) is 11.6 Å². The first-order valence-electron chi connectivity index (χ1n) is 12.0. The maximum atomic E-state index is 6.39. The molecule has 0 spiro atoms. The van der Waals surface area contributed by atoms with Gasteiger partial charge in [0.05, 0.1) is 22.2 Å². The van der Waals surface area contributed by atoms with Crippen molar-refractivity contribution in [3.05, 3.63) is 64.7 Å². The monoisotopic (exact) mass is 508 g/mol. The molecule has 0 unspecified atom stereocenters. The van der Waals surface area contributed by atoms with Crippen LogP contribution in [0.5, 0.6) is 0 Å². The second kappa shape index (κ2) is 8.17. The topological polar surface area (TPSA) is 61.5 Å². The second-order valence-electron chi connectivity index (χ2n) is 10.5. The summed E-state index contributed by atoms with van der Waals surface area (Å²) in [6, 6.07) is 8.70. The van der Waals surface area contributed by atoms with Crippen molar-refractivity contribution in [2.75, 3.05) is 6.26 Å². The molecule has 182 valence electrons. The molecule has 3 atom stereocenters. The van der Waals surface area contributed by atoms with Crippen molar-refractivity contribution in [3.8, 4) is 0 Å². The number of hydrogen-bond acceptors (Lipinski definition) is 6. The highest BCUT2D eigenvalue weighted by Gasteiger charge is 2.50. The number of hydrogen-bond donors (Lipinski definition) is 0. The van der Waals surface area contributed by atoms with E-state index in [0.29, 0.717) is 5.15 Å². The van der Waals surface area contributed by atoms with Gasteiger partial charge in [0.2, 0.25) is 0 Å². The highest BCUT2D eigenvalue weighted by Crippen LogP contribution is 2.46. The van der Waals surface area contributed by atoms with Crippen LogP contribution in [-0.4, -0.2) is 43.8 Å². The Morgan fingerprint density at radius 1 is 1.09 bits per heavy atom. The highest BCUT2D eigenvalue weighted by molar-refractivity contribution is 8.13. The minimum atomic E-state index is -0.634. The molecule has 2 aromatic heterocycles. The number of fused-ring (bicyclic) bond motifs is 3. The van der Waals surface area contributed by atoms with E-state index in [1.165, 1.54) is 28.1 Å². The molecule has 0 saturated carbocycles. The molecule has 0 amide bonds. The predicted molar refractivity (Wildman–Crippen MR) is 142 cm³/mol. The van der Waals surface area contributed by atoms with Gasteiger partial charge in [0.25, 0.3) is 0 Å². The number of ether oxygens (including phenoxy) is 2. The molecule has 1 saturated heterocycles. The molecule has 6 rings (SSSR count). The molecular weight excluding hydrogens is 480 g/mol. The van der Waals surface area contributed by atoms with E-state index in [1.54, 1.807) is 11.8 Å². The minimum Gasteiger partial charge on any atom is -0.342 e. The Labute approximate surface area is 214 Å². The lowest BCUT2D eigenvalue weighted by Crippen LogP contribution is -2.27. The summed E-state index contributed by atoms with van der Waals surface area (Å²) in [6.45, 7) is 8.46. The van der Waals surface area contributed by atoms with Gasteiger partial charge in [-0.1, -0.05) is 29.8 Å². The largest absolute Gasteiger partial charge is 0.342 e. The molecule has 2 aliphatic heterocycles. The summed E-state index contributed by atoms with van der Waals surface area (Å²) < 4.78 is 14.9. The average Bonchev–Trinajstić information content (AvgIpc) is 3.52. The number of benzene rings is 1. The van der Waals surface area contributed by atoms with E-state index < -0.39 is 5.79 Å². The van der Waals surface area contributed by atoms with Crippen LogP contribution in [0.15, 0.2) is 53.4 Å². The van der Waals surface area contributed by atoms with Gasteiger partial charge in [-0.2, -0.15) is 0 Å². The fraction of sp³-hybridized carbons (Fsp3) is 0.444. The molecule has 3 aromatic rings. The zero-order chi connectivity index (χ0) is 24.5. The second-order valence-corrected chi connectivity index (χ2v) is 11.6. The summed E-state index contributed by atoms with van der Waals surface area (Å²) in [5.41, 5.74) is 5.75. The van der Waals surface area contributed by atoms with Crippen LogP contribution in [0.3, 0.4) is 0 Å². The Kier molecular flexibility index (Phi) is 5.42. The minimum absolute atomic E-state index is 0.0187. The number of thioether (sulfide) groups is 1. The van der Waals surface area contributed by atoms with E-state index in [-0.39, 0.29) is 23.7 Å². The van der Waals surface area contributed by atoms with Crippen LogP contribution in [0.1, 0.15) is 51.3 Å². The van der Waals surface area contributed by atoms with Crippen molar-refractivity contribution in [1.82, 2.24) is 14.5 Å². The third kappa shape index (κ3) is 3.75. The molecule has 0 N–H and O–H groups in total. The first kappa shape index (κ1) is 23.2. The number of rotatable bonds is 4. The molecular formula is C27H29ClN4O2S. The van der Waals surface area contributed by atoms with Crippen LogP contribution in [0, 0.1) is 0 Å². The zero-order valence-electron chi connectivity index (χ0n) is 20.6. The zero-order valence-corrected chi connectivity index (χ0v) is 22.2. The van der Waals surface area contributed by atoms with Crippen molar-refractivity contribution in [3.63, 3.8) is 0 Å². The van der Waals surface area contributed by atoms with Crippen molar-refractivity contribution >= 4 is 45.1 Å². The molecule has 4 heterocycles. The van der Waals surface area contributed by atoms with E-state index in [0.717, 1.165) is 29.6 Å². The Balaban J connectivity index is 1.29. The Morgan fingerprint density at radius 3 is 2.71 bits per heavy atom. The van der Waals surface area contributed by atoms with E-state index in [4.69, 9.17) is 26.1 Å². The van der Waals surface area contributed by atoms with Gasteiger partial charge in [-0.25, -0.2) is 15.0 Å². The van der Waals surface area contributed by atoms with Crippen LogP contribution >= 0.6 is 23.4 Å². The fourth-order valence-electron chi connectivity index (χ4n) is 5.69. The third-order valence-corrected chi connectivity index (χ3v) is 8.68. The van der Waals surface area contributed by atoms with Crippen LogP contribution in [0.2, 0.25) is 5.15 Å². The summed E-state index contributed by atoms with van der Waals surface area (Å²) in [5.74, 6) is -0.634. The number of aryl methyl sites for hydroxylation is 1. The normalized spacial score (nSPS) is 26.1. The van der Waals surface area contributed by atoms with Crippen molar-refractivity contribution in [1.29, 1.82) is 0 Å². The Bertz CT molecular complexity index is 1390. The van der Waals surface area contributed by atoms with Crippen molar-refractivity contribution < 1.29 is 9.47 Å². The molecule has 3 aliphatic rings. The highest BCUT2D eigenvalue weighted by atomic mass is 35.5. The lowest BCUT2D eigenvalue weighted by molar-refractivity contribution is -0.147. The number of aromatic nitrogens is 3. The maximum absolute atomic E-state index is 6.39. The van der Waals surface area contributed by atoms with Crippen LogP contribution in [-0.2, 0) is 21.3 Å². The molecule has 1 aliphatic carbocycles. The van der Waals surface area contributed by atoms with E-state index >= 15 is 0 Å². The first-order valence-corrected chi connectivity index (χ1v) is 13.6. The fourth-order valence-corrected chi connectivity index (χ4v) is 6.69. The van der Waals surface area contributed by atoms with Gasteiger partial charge in [-0.15, -0.1) is 11.8 Å². The lowest BCUT2D eigenvalue weighted by Gasteiger charge is -2.22. The summed E-state index contributed by atoms with van der Waals surface area (Å²) in [6.07, 6.45) is 9.54. The van der Waals surface area contributed by atoms with Gasteiger partial charge >= 0.3 is 0 Å². The molecule has 0 radical (unpaired) electrons. The molecule has 1 aromatic carbocycles. The standard InChI is InChI=1S/C27H29ClN4O2S/c1-26(2)18-9-7-15(12-19(18)31-25(26)35-5)6-8-16-13-20(22-21(16)33-27(3,4)34-22)32-11-10-17-23(28)29-14-30-24(17)32/h7,9-14,20-22H,6,8H2,1-5H3/t20-,21-,22+/m1/s1. The van der Waals surface area contributed by atoms with E-state index in [2.05, 4.69) is 58.9 Å².